The summed E-state index contributed by atoms with van der Waals surface area (Å²) in [6, 6.07) is 0. The van der Waals surface area contributed by atoms with E-state index in [1.165, 1.54) is 10.0 Å². The van der Waals surface area contributed by atoms with Crippen LogP contribution in [0.15, 0.2) is 4.99 Å². The molecule has 0 N–H and O–H groups in total. The lowest BCUT2D eigenvalue weighted by Crippen LogP contribution is -2.35. The average Bonchev–Trinajstić information content (AvgIpc) is 1.98. The number of nitrogens with zero attached hydrogens (tertiary/aromatic N) is 3. The van der Waals surface area contributed by atoms with Gasteiger partial charge in [0.25, 0.3) is 6.09 Å². The molecule has 3 nitrogen and oxygen atoms in total. The summed E-state index contributed by atoms with van der Waals surface area (Å²) < 4.78 is 12.4. The van der Waals surface area contributed by atoms with E-state index in [0.29, 0.717) is 0 Å². The number of aliphatic imine (C=N–C) groups is 1. The van der Waals surface area contributed by atoms with Crippen LogP contribution in [0.1, 0.15) is 0 Å². The first-order valence-corrected chi connectivity index (χ1v) is 2.90. The first-order valence-electron chi connectivity index (χ1n) is 2.47. The van der Waals surface area contributed by atoms with E-state index in [0.717, 1.165) is 0 Å². The minimum atomic E-state index is -0.588. The average molecular weight is 152 g/mol. The van der Waals surface area contributed by atoms with Crippen molar-refractivity contribution in [1.29, 1.82) is 0 Å². The summed E-state index contributed by atoms with van der Waals surface area (Å²) in [4.78, 5) is 3.42. The Morgan fingerprint density at radius 1 is 1.67 bits per heavy atom. The third kappa shape index (κ3) is 0.997. The fraction of sp³-hybridized carbons (Fsp3) is 0.750. The lowest BCUT2D eigenvalue weighted by atomic mass is 11.0. The Bertz CT molecular complexity index is 149. The number of amidine groups is 1. The summed E-state index contributed by atoms with van der Waals surface area (Å²) >= 11 is 5.51. The summed E-state index contributed by atoms with van der Waals surface area (Å²) in [5, 5.41) is 2.73. The maximum Gasteiger partial charge on any atom is 0.297 e. The first kappa shape index (κ1) is 6.77. The topological polar surface area (TPSA) is 18.8 Å². The third-order valence-corrected chi connectivity index (χ3v) is 1.64. The minimum Gasteiger partial charge on any atom is -0.266 e. The largest absolute Gasteiger partial charge is 0.297 e. The monoisotopic (exact) mass is 151 g/mol. The molecular weight excluding hydrogens is 145 g/mol. The Kier molecular flexibility index (Phi) is 1.59. The molecule has 52 valence electrons. The van der Waals surface area contributed by atoms with Crippen molar-refractivity contribution >= 4 is 17.7 Å². The van der Waals surface area contributed by atoms with Gasteiger partial charge in [0.05, 0.1) is 0 Å². The second-order valence-electron chi connectivity index (χ2n) is 1.81. The summed E-state index contributed by atoms with van der Waals surface area (Å²) in [5.74, 6) is 0. The van der Waals surface area contributed by atoms with E-state index in [1.807, 2.05) is 0 Å². The third-order valence-electron chi connectivity index (χ3n) is 1.26. The molecule has 5 heteroatoms. The zero-order chi connectivity index (χ0) is 7.02. The number of hydrazine groups is 1. The van der Waals surface area contributed by atoms with Gasteiger partial charge in [-0.3, -0.25) is 5.01 Å². The Morgan fingerprint density at radius 3 is 2.33 bits per heavy atom. The standard InChI is InChI=1S/C4H7ClFN3/c1-8-3(5)7-4(6)9(8)2/h3H,1-2H3. The van der Waals surface area contributed by atoms with Crippen LogP contribution in [0.2, 0.25) is 0 Å². The molecule has 1 unspecified atom stereocenters. The second kappa shape index (κ2) is 2.11. The van der Waals surface area contributed by atoms with Crippen molar-refractivity contribution in [3.63, 3.8) is 0 Å². The summed E-state index contributed by atoms with van der Waals surface area (Å²) in [6.45, 7) is 0. The molecule has 0 bridgehead atoms. The molecule has 1 rings (SSSR count). The van der Waals surface area contributed by atoms with Gasteiger partial charge in [0.15, 0.2) is 5.62 Å². The van der Waals surface area contributed by atoms with Gasteiger partial charge in [0.2, 0.25) is 0 Å². The molecule has 1 atom stereocenters. The molecule has 0 aromatic heterocycles. The summed E-state index contributed by atoms with van der Waals surface area (Å²) in [6.07, 6.45) is -0.544. The molecule has 1 aliphatic rings. The van der Waals surface area contributed by atoms with Crippen molar-refractivity contribution in [3.05, 3.63) is 0 Å². The Hall–Kier alpha value is -0.350. The van der Waals surface area contributed by atoms with Gasteiger partial charge in [0, 0.05) is 14.1 Å². The zero-order valence-corrected chi connectivity index (χ0v) is 5.93. The lowest BCUT2D eigenvalue weighted by molar-refractivity contribution is 0.109. The Balaban J connectivity index is 2.70. The van der Waals surface area contributed by atoms with Crippen molar-refractivity contribution < 1.29 is 4.39 Å². The smallest absolute Gasteiger partial charge is 0.266 e. The summed E-state index contributed by atoms with van der Waals surface area (Å²) in [7, 11) is 3.22. The van der Waals surface area contributed by atoms with E-state index in [-0.39, 0.29) is 0 Å². The lowest BCUT2D eigenvalue weighted by Gasteiger charge is -2.20. The number of hydrogen-bond acceptors (Lipinski definition) is 3. The van der Waals surface area contributed by atoms with Crippen molar-refractivity contribution in [2.45, 2.75) is 5.62 Å². The number of hydrogen-bond donors (Lipinski definition) is 0. The van der Waals surface area contributed by atoms with E-state index in [9.17, 15) is 4.39 Å². The number of halogens is 2. The number of alkyl halides is 1. The normalized spacial score (nSPS) is 29.1. The highest BCUT2D eigenvalue weighted by Crippen LogP contribution is 2.15. The molecule has 0 aromatic rings. The van der Waals surface area contributed by atoms with Crippen LogP contribution in [-0.4, -0.2) is 35.8 Å². The Morgan fingerprint density at radius 2 is 2.22 bits per heavy atom. The van der Waals surface area contributed by atoms with Gasteiger partial charge in [-0.1, -0.05) is 11.6 Å². The molecule has 9 heavy (non-hydrogen) atoms. The van der Waals surface area contributed by atoms with Gasteiger partial charge < -0.3 is 0 Å². The molecule has 0 radical (unpaired) electrons. The quantitative estimate of drug-likeness (QED) is 0.374. The molecule has 0 spiro atoms. The zero-order valence-electron chi connectivity index (χ0n) is 5.17. The van der Waals surface area contributed by atoms with Crippen LogP contribution in [0.25, 0.3) is 0 Å². The highest BCUT2D eigenvalue weighted by atomic mass is 35.5. The van der Waals surface area contributed by atoms with Crippen molar-refractivity contribution in [2.75, 3.05) is 14.1 Å². The molecule has 0 amide bonds. The minimum absolute atomic E-state index is 0.544. The predicted molar refractivity (Wildman–Crippen MR) is 33.7 cm³/mol. The van der Waals surface area contributed by atoms with Gasteiger partial charge in [-0.05, 0) is 0 Å². The SMILES string of the molecule is CN1C(F)=NC(Cl)N1C. The highest BCUT2D eigenvalue weighted by molar-refractivity contribution is 6.21. The highest BCUT2D eigenvalue weighted by Gasteiger charge is 2.25. The second-order valence-corrected chi connectivity index (χ2v) is 2.20. The predicted octanol–water partition coefficient (Wildman–Crippen LogP) is 0.627. The van der Waals surface area contributed by atoms with Crippen LogP contribution in [0, 0.1) is 0 Å². The molecule has 1 heterocycles. The van der Waals surface area contributed by atoms with Crippen LogP contribution in [0.5, 0.6) is 0 Å². The fourth-order valence-electron chi connectivity index (χ4n) is 0.528. The van der Waals surface area contributed by atoms with Crippen LogP contribution in [0.4, 0.5) is 4.39 Å². The van der Waals surface area contributed by atoms with E-state index in [1.54, 1.807) is 14.1 Å². The fourth-order valence-corrected chi connectivity index (χ4v) is 0.740. The van der Waals surface area contributed by atoms with Crippen LogP contribution in [-0.2, 0) is 0 Å². The molecular formula is C4H7ClFN3. The van der Waals surface area contributed by atoms with E-state index < -0.39 is 11.7 Å². The van der Waals surface area contributed by atoms with Crippen LogP contribution < -0.4 is 0 Å². The number of rotatable bonds is 0. The van der Waals surface area contributed by atoms with Crippen molar-refractivity contribution in [3.8, 4) is 0 Å². The summed E-state index contributed by atoms with van der Waals surface area (Å²) in [5.41, 5.74) is -0.588. The maximum atomic E-state index is 12.4. The van der Waals surface area contributed by atoms with Crippen molar-refractivity contribution in [1.82, 2.24) is 10.0 Å². The van der Waals surface area contributed by atoms with Crippen molar-refractivity contribution in [2.24, 2.45) is 4.99 Å². The van der Waals surface area contributed by atoms with Gasteiger partial charge >= 0.3 is 0 Å². The molecule has 0 aromatic carbocycles. The molecule has 1 aliphatic heterocycles. The van der Waals surface area contributed by atoms with Gasteiger partial charge in [-0.2, -0.15) is 9.40 Å². The van der Waals surface area contributed by atoms with Crippen LogP contribution >= 0.6 is 11.6 Å². The first-order chi connectivity index (χ1) is 4.13. The van der Waals surface area contributed by atoms with Crippen LogP contribution in [0.3, 0.4) is 0 Å². The molecule has 0 fully saturated rings. The van der Waals surface area contributed by atoms with Gasteiger partial charge in [0.1, 0.15) is 0 Å². The van der Waals surface area contributed by atoms with Gasteiger partial charge in [-0.25, -0.2) is 4.99 Å². The molecule has 0 saturated heterocycles. The molecule has 0 aliphatic carbocycles. The van der Waals surface area contributed by atoms with E-state index in [4.69, 9.17) is 11.6 Å². The maximum absolute atomic E-state index is 12.4. The Labute approximate surface area is 57.7 Å². The van der Waals surface area contributed by atoms with E-state index >= 15 is 0 Å². The van der Waals surface area contributed by atoms with Gasteiger partial charge in [-0.15, -0.1) is 0 Å². The molecule has 0 saturated carbocycles. The van der Waals surface area contributed by atoms with E-state index in [2.05, 4.69) is 4.99 Å².